The van der Waals surface area contributed by atoms with Gasteiger partial charge in [-0.1, -0.05) is 153 Å². The quantitative estimate of drug-likeness (QED) is 0.183. The molecule has 3 nitrogen and oxygen atoms in total. The molecule has 6 aromatic carbocycles. The molecule has 4 saturated carbocycles. The third-order valence-electron chi connectivity index (χ3n) is 14.5. The molecule has 1 spiro atoms. The van der Waals surface area contributed by atoms with Gasteiger partial charge in [0.05, 0.1) is 0 Å². The van der Waals surface area contributed by atoms with E-state index in [4.69, 9.17) is 15.0 Å². The first-order valence-corrected chi connectivity index (χ1v) is 20.4. The summed E-state index contributed by atoms with van der Waals surface area (Å²) in [4.78, 5) is 16.0. The van der Waals surface area contributed by atoms with E-state index in [2.05, 4.69) is 153 Å². The molecule has 4 bridgehead atoms. The van der Waals surface area contributed by atoms with Crippen molar-refractivity contribution in [2.45, 2.75) is 56.8 Å². The Hall–Kier alpha value is -5.67. The van der Waals surface area contributed by atoms with Crippen molar-refractivity contribution in [2.75, 3.05) is 0 Å². The van der Waals surface area contributed by atoms with Crippen LogP contribution < -0.4 is 0 Å². The Morgan fingerprint density at radius 1 is 0.382 bits per heavy atom. The molecular formula is C52H43N3. The molecule has 7 aromatic rings. The molecule has 6 aliphatic rings. The Balaban J connectivity index is 1.02. The summed E-state index contributed by atoms with van der Waals surface area (Å²) in [7, 11) is 0. The molecule has 13 rings (SSSR count). The van der Waals surface area contributed by atoms with Crippen LogP contribution in [0.4, 0.5) is 0 Å². The number of hydrogen-bond acceptors (Lipinski definition) is 3. The number of nitrogens with zero attached hydrogens (tertiary/aromatic N) is 3. The third kappa shape index (κ3) is 4.36. The fraction of sp³-hybridized carbons (Fsp3) is 0.250. The molecule has 0 atom stereocenters. The first kappa shape index (κ1) is 31.7. The van der Waals surface area contributed by atoms with E-state index >= 15 is 0 Å². The van der Waals surface area contributed by atoms with Crippen molar-refractivity contribution in [3.05, 3.63) is 162 Å². The summed E-state index contributed by atoms with van der Waals surface area (Å²) in [6.45, 7) is 4.72. The van der Waals surface area contributed by atoms with E-state index in [1.54, 1.807) is 5.56 Å². The highest BCUT2D eigenvalue weighted by atomic mass is 15.0. The summed E-state index contributed by atoms with van der Waals surface area (Å²) in [5.41, 5.74) is 16.9. The largest absolute Gasteiger partial charge is 0.208 e. The van der Waals surface area contributed by atoms with Crippen molar-refractivity contribution < 1.29 is 0 Å². The molecule has 0 saturated heterocycles. The van der Waals surface area contributed by atoms with E-state index in [0.29, 0.717) is 17.7 Å². The zero-order valence-electron chi connectivity index (χ0n) is 31.5. The van der Waals surface area contributed by atoms with E-state index < -0.39 is 0 Å². The molecular weight excluding hydrogens is 667 g/mol. The predicted octanol–water partition coefficient (Wildman–Crippen LogP) is 12.6. The molecule has 6 aliphatic carbocycles. The summed E-state index contributed by atoms with van der Waals surface area (Å²) >= 11 is 0. The molecule has 4 fully saturated rings. The predicted molar refractivity (Wildman–Crippen MR) is 222 cm³/mol. The van der Waals surface area contributed by atoms with Crippen LogP contribution in [0, 0.1) is 23.7 Å². The lowest BCUT2D eigenvalue weighted by atomic mass is 9.43. The van der Waals surface area contributed by atoms with Crippen LogP contribution in [0.3, 0.4) is 0 Å². The summed E-state index contributed by atoms with van der Waals surface area (Å²) in [6, 6.07) is 51.3. The Morgan fingerprint density at radius 3 is 1.53 bits per heavy atom. The number of hydrogen-bond donors (Lipinski definition) is 0. The third-order valence-corrected chi connectivity index (χ3v) is 14.5. The van der Waals surface area contributed by atoms with E-state index in [9.17, 15) is 0 Å². The summed E-state index contributed by atoms with van der Waals surface area (Å²) in [6.07, 6.45) is 6.80. The Labute approximate surface area is 323 Å². The summed E-state index contributed by atoms with van der Waals surface area (Å²) < 4.78 is 0. The van der Waals surface area contributed by atoms with Crippen LogP contribution in [0.15, 0.2) is 140 Å². The van der Waals surface area contributed by atoms with Gasteiger partial charge in [-0.2, -0.15) is 0 Å². The molecule has 266 valence electrons. The van der Waals surface area contributed by atoms with Crippen LogP contribution in [0.2, 0.25) is 0 Å². The molecule has 0 unspecified atom stereocenters. The fourth-order valence-corrected chi connectivity index (χ4v) is 12.6. The van der Waals surface area contributed by atoms with Crippen LogP contribution in [-0.2, 0) is 10.8 Å². The smallest absolute Gasteiger partial charge is 0.164 e. The van der Waals surface area contributed by atoms with Crippen molar-refractivity contribution in [3.63, 3.8) is 0 Å². The lowest BCUT2D eigenvalue weighted by Gasteiger charge is -2.61. The van der Waals surface area contributed by atoms with Gasteiger partial charge in [-0.15, -0.1) is 0 Å². The van der Waals surface area contributed by atoms with Gasteiger partial charge in [0.2, 0.25) is 0 Å². The molecule has 3 heteroatoms. The van der Waals surface area contributed by atoms with E-state index in [-0.39, 0.29) is 10.8 Å². The minimum atomic E-state index is -0.0842. The zero-order chi connectivity index (χ0) is 36.5. The fourth-order valence-electron chi connectivity index (χ4n) is 12.6. The molecule has 0 N–H and O–H groups in total. The van der Waals surface area contributed by atoms with E-state index in [0.717, 1.165) is 34.6 Å². The van der Waals surface area contributed by atoms with Crippen molar-refractivity contribution in [1.29, 1.82) is 0 Å². The molecule has 0 radical (unpaired) electrons. The monoisotopic (exact) mass is 709 g/mol. The second-order valence-electron chi connectivity index (χ2n) is 17.6. The lowest BCUT2D eigenvalue weighted by molar-refractivity contribution is -0.0397. The average Bonchev–Trinajstić information content (AvgIpc) is 3.66. The maximum Gasteiger partial charge on any atom is 0.164 e. The van der Waals surface area contributed by atoms with Crippen molar-refractivity contribution in [2.24, 2.45) is 23.7 Å². The summed E-state index contributed by atoms with van der Waals surface area (Å²) in [5, 5.41) is 0. The van der Waals surface area contributed by atoms with Crippen LogP contribution in [-0.4, -0.2) is 15.0 Å². The Bertz CT molecular complexity index is 2660. The molecule has 0 aliphatic heterocycles. The number of aromatic nitrogens is 3. The SMILES string of the molecule is CC1(C)c2ccccc2-c2cccc(-c3ccc(-c4nc(-c5ccccc5)nc(-c5cccc6c5C5(c7ccccc7-6)C6CC7CC(C6)CC5C7)n4)cc3)c21. The lowest BCUT2D eigenvalue weighted by Crippen LogP contribution is -2.55. The van der Waals surface area contributed by atoms with Crippen LogP contribution in [0.5, 0.6) is 0 Å². The normalized spacial score (nSPS) is 24.4. The molecule has 0 amide bonds. The van der Waals surface area contributed by atoms with Crippen molar-refractivity contribution >= 4 is 0 Å². The minimum absolute atomic E-state index is 0.0146. The Kier molecular flexibility index (Phi) is 6.58. The molecule has 1 aromatic heterocycles. The van der Waals surface area contributed by atoms with Gasteiger partial charge in [-0.05, 0) is 111 Å². The number of benzene rings is 6. The molecule has 1 heterocycles. The van der Waals surface area contributed by atoms with E-state index in [1.807, 2.05) is 0 Å². The molecule has 55 heavy (non-hydrogen) atoms. The maximum atomic E-state index is 5.42. The van der Waals surface area contributed by atoms with Gasteiger partial charge in [-0.3, -0.25) is 0 Å². The van der Waals surface area contributed by atoms with Crippen molar-refractivity contribution in [1.82, 2.24) is 15.0 Å². The Morgan fingerprint density at radius 2 is 0.855 bits per heavy atom. The first-order chi connectivity index (χ1) is 27.0. The topological polar surface area (TPSA) is 38.7 Å². The second kappa shape index (κ2) is 11.4. The van der Waals surface area contributed by atoms with Crippen LogP contribution in [0.25, 0.3) is 67.5 Å². The average molecular weight is 710 g/mol. The van der Waals surface area contributed by atoms with Crippen molar-refractivity contribution in [3.8, 4) is 67.5 Å². The second-order valence-corrected chi connectivity index (χ2v) is 17.6. The van der Waals surface area contributed by atoms with Gasteiger partial charge in [0.1, 0.15) is 0 Å². The van der Waals surface area contributed by atoms with Gasteiger partial charge in [-0.25, -0.2) is 15.0 Å². The summed E-state index contributed by atoms with van der Waals surface area (Å²) in [5.74, 6) is 5.30. The highest BCUT2D eigenvalue weighted by Gasteiger charge is 2.62. The van der Waals surface area contributed by atoms with Crippen LogP contribution >= 0.6 is 0 Å². The van der Waals surface area contributed by atoms with Gasteiger partial charge in [0.15, 0.2) is 17.5 Å². The number of rotatable bonds is 4. The highest BCUT2D eigenvalue weighted by molar-refractivity contribution is 5.90. The van der Waals surface area contributed by atoms with E-state index in [1.165, 1.54) is 87.7 Å². The standard InChI is InChI=1S/C52H43N3/c1-51(2)44-20-8-6-14-39(44)41-17-10-16-38(46(41)51)33-22-24-35(25-23-33)49-53-48(34-12-4-3-5-13-34)54-50(55-49)43-19-11-18-42-40-15-7-9-21-45(40)52(47(42)43)36-27-31-26-32(29-36)30-37(52)28-31/h3-25,31-32,36-37H,26-30H2,1-2H3. The van der Waals surface area contributed by atoms with Gasteiger partial charge < -0.3 is 0 Å². The first-order valence-electron chi connectivity index (χ1n) is 20.4. The van der Waals surface area contributed by atoms with Gasteiger partial charge in [0, 0.05) is 27.5 Å². The number of fused-ring (bicyclic) bond motifs is 6. The van der Waals surface area contributed by atoms with Gasteiger partial charge in [0.25, 0.3) is 0 Å². The minimum Gasteiger partial charge on any atom is -0.208 e. The highest BCUT2D eigenvalue weighted by Crippen LogP contribution is 2.70. The maximum absolute atomic E-state index is 5.42. The van der Waals surface area contributed by atoms with Crippen LogP contribution in [0.1, 0.15) is 68.2 Å². The zero-order valence-corrected chi connectivity index (χ0v) is 31.5. The van der Waals surface area contributed by atoms with Gasteiger partial charge >= 0.3 is 0 Å².